The van der Waals surface area contributed by atoms with E-state index in [4.69, 9.17) is 0 Å². The van der Waals surface area contributed by atoms with Gasteiger partial charge in [-0.3, -0.25) is 9.78 Å². The number of sulfonamides is 1. The highest BCUT2D eigenvalue weighted by atomic mass is 32.2. The smallest absolute Gasteiger partial charge is 0.284 e. The van der Waals surface area contributed by atoms with Crippen LogP contribution >= 0.6 is 0 Å². The fourth-order valence-electron chi connectivity index (χ4n) is 2.87. The largest absolute Gasteiger partial charge is 0.362 e. The van der Waals surface area contributed by atoms with Crippen molar-refractivity contribution in [2.24, 2.45) is 4.40 Å². The molecule has 2 aromatic rings. The van der Waals surface area contributed by atoms with Crippen molar-refractivity contribution in [1.29, 1.82) is 0 Å². The van der Waals surface area contributed by atoms with Crippen LogP contribution < -0.4 is 5.32 Å². The maximum Gasteiger partial charge on any atom is 0.284 e. The monoisotopic (exact) mass is 401 g/mol. The van der Waals surface area contributed by atoms with Crippen LogP contribution in [0.2, 0.25) is 0 Å². The summed E-state index contributed by atoms with van der Waals surface area (Å²) in [6.45, 7) is 2.57. The lowest BCUT2D eigenvalue weighted by molar-refractivity contribution is 0.102. The summed E-state index contributed by atoms with van der Waals surface area (Å²) in [6.07, 6.45) is 6.52. The molecule has 1 aliphatic rings. The zero-order valence-electron chi connectivity index (χ0n) is 15.9. The van der Waals surface area contributed by atoms with Crippen molar-refractivity contribution in [3.8, 4) is 0 Å². The predicted molar refractivity (Wildman–Crippen MR) is 107 cm³/mol. The second kappa shape index (κ2) is 8.47. The molecule has 9 heteroatoms. The summed E-state index contributed by atoms with van der Waals surface area (Å²) in [5, 5.41) is 2.65. The Morgan fingerprint density at radius 3 is 2.75 bits per heavy atom. The van der Waals surface area contributed by atoms with Gasteiger partial charge in [0.2, 0.25) is 0 Å². The maximum absolute atomic E-state index is 12.8. The lowest BCUT2D eigenvalue weighted by Gasteiger charge is -2.17. The number of benzene rings is 1. The number of anilines is 1. The van der Waals surface area contributed by atoms with Crippen LogP contribution in [-0.4, -0.2) is 48.6 Å². The van der Waals surface area contributed by atoms with E-state index in [2.05, 4.69) is 19.7 Å². The molecular formula is C19H23N5O3S. The minimum Gasteiger partial charge on any atom is -0.362 e. The van der Waals surface area contributed by atoms with Crippen molar-refractivity contribution in [1.82, 2.24) is 14.9 Å². The minimum atomic E-state index is -3.87. The van der Waals surface area contributed by atoms with Crippen molar-refractivity contribution in [2.75, 3.05) is 18.9 Å². The van der Waals surface area contributed by atoms with Crippen molar-refractivity contribution in [2.45, 2.75) is 37.5 Å². The van der Waals surface area contributed by atoms with Gasteiger partial charge in [-0.05, 0) is 38.0 Å². The van der Waals surface area contributed by atoms with Crippen LogP contribution in [-0.2, 0) is 10.0 Å². The standard InChI is InChI=1S/C19H23N5O3S/c1-14-12-21-17(13-20-14)19(25)22-15-7-6-8-16(11-15)28(26,27)23-18-9-4-3-5-10-24(18)2/h6-8,11-13H,3-5,9-10H2,1-2H3,(H,22,25). The van der Waals surface area contributed by atoms with Crippen molar-refractivity contribution >= 4 is 27.5 Å². The number of hydrogen-bond donors (Lipinski definition) is 1. The second-order valence-electron chi connectivity index (χ2n) is 6.74. The Kier molecular flexibility index (Phi) is 6.03. The van der Waals surface area contributed by atoms with Crippen LogP contribution in [0.25, 0.3) is 0 Å². The van der Waals surface area contributed by atoms with E-state index < -0.39 is 15.9 Å². The van der Waals surface area contributed by atoms with E-state index in [-0.39, 0.29) is 10.6 Å². The highest BCUT2D eigenvalue weighted by Crippen LogP contribution is 2.20. The molecule has 0 unspecified atom stereocenters. The van der Waals surface area contributed by atoms with Crippen LogP contribution in [0, 0.1) is 6.92 Å². The Labute approximate surface area is 164 Å². The number of aryl methyl sites for hydroxylation is 1. The summed E-state index contributed by atoms with van der Waals surface area (Å²) >= 11 is 0. The summed E-state index contributed by atoms with van der Waals surface area (Å²) in [5.74, 6) is 0.110. The number of amidine groups is 1. The van der Waals surface area contributed by atoms with Crippen LogP contribution in [0.3, 0.4) is 0 Å². The molecule has 0 saturated carbocycles. The van der Waals surface area contributed by atoms with Crippen molar-refractivity contribution in [3.63, 3.8) is 0 Å². The summed E-state index contributed by atoms with van der Waals surface area (Å²) in [6, 6.07) is 6.05. The van der Waals surface area contributed by atoms with Crippen LogP contribution in [0.5, 0.6) is 0 Å². The van der Waals surface area contributed by atoms with Gasteiger partial charge in [0.15, 0.2) is 0 Å². The van der Waals surface area contributed by atoms with E-state index in [1.54, 1.807) is 19.1 Å². The molecule has 1 saturated heterocycles. The average molecular weight is 401 g/mol. The van der Waals surface area contributed by atoms with E-state index >= 15 is 0 Å². The number of rotatable bonds is 4. The Morgan fingerprint density at radius 1 is 1.18 bits per heavy atom. The molecule has 1 fully saturated rings. The molecule has 1 aromatic heterocycles. The summed E-state index contributed by atoms with van der Waals surface area (Å²) in [5.41, 5.74) is 1.20. The molecule has 1 N–H and O–H groups in total. The third-order valence-electron chi connectivity index (χ3n) is 4.46. The minimum absolute atomic E-state index is 0.0328. The Bertz CT molecular complexity index is 987. The first-order valence-corrected chi connectivity index (χ1v) is 10.5. The number of amides is 1. The number of aromatic nitrogens is 2. The van der Waals surface area contributed by atoms with E-state index in [0.29, 0.717) is 23.6 Å². The SMILES string of the molecule is Cc1cnc(C(=O)Nc2cccc(S(=O)(=O)N=C3CCCCCN3C)c2)cn1. The zero-order chi connectivity index (χ0) is 20.1. The number of likely N-dealkylation sites (tertiary alicyclic amines) is 1. The third kappa shape index (κ3) is 4.92. The molecule has 1 aliphatic heterocycles. The number of nitrogens with one attached hydrogen (secondary N) is 1. The van der Waals surface area contributed by atoms with Gasteiger partial charge in [-0.25, -0.2) is 4.98 Å². The van der Waals surface area contributed by atoms with Gasteiger partial charge in [0.1, 0.15) is 11.5 Å². The summed E-state index contributed by atoms with van der Waals surface area (Å²) in [4.78, 5) is 22.3. The van der Waals surface area contributed by atoms with Crippen molar-refractivity contribution in [3.05, 3.63) is 48.0 Å². The molecule has 0 atom stereocenters. The predicted octanol–water partition coefficient (Wildman–Crippen LogP) is 2.63. The molecular weight excluding hydrogens is 378 g/mol. The molecule has 148 valence electrons. The van der Waals surface area contributed by atoms with Crippen molar-refractivity contribution < 1.29 is 13.2 Å². The average Bonchev–Trinajstić information content (AvgIpc) is 2.86. The van der Waals surface area contributed by atoms with E-state index in [1.165, 1.54) is 24.5 Å². The Balaban J connectivity index is 1.81. The molecule has 0 radical (unpaired) electrons. The number of nitrogens with zero attached hydrogens (tertiary/aromatic N) is 4. The molecule has 0 bridgehead atoms. The van der Waals surface area contributed by atoms with Gasteiger partial charge in [-0.2, -0.15) is 8.42 Å². The molecule has 28 heavy (non-hydrogen) atoms. The van der Waals surface area contributed by atoms with E-state index in [0.717, 1.165) is 25.8 Å². The topological polar surface area (TPSA) is 105 Å². The molecule has 2 heterocycles. The molecule has 1 aromatic carbocycles. The quantitative estimate of drug-likeness (QED) is 0.844. The first-order chi connectivity index (χ1) is 13.3. The summed E-state index contributed by atoms with van der Waals surface area (Å²) < 4.78 is 29.6. The number of carbonyl (C=O) groups excluding carboxylic acids is 1. The molecule has 0 aliphatic carbocycles. The van der Waals surface area contributed by atoms with E-state index in [1.807, 2.05) is 11.9 Å². The highest BCUT2D eigenvalue weighted by Gasteiger charge is 2.19. The van der Waals surface area contributed by atoms with Crippen LogP contribution in [0.1, 0.15) is 41.9 Å². The highest BCUT2D eigenvalue weighted by molar-refractivity contribution is 7.90. The summed E-state index contributed by atoms with van der Waals surface area (Å²) in [7, 11) is -2.01. The van der Waals surface area contributed by atoms with Gasteiger partial charge in [0, 0.05) is 31.9 Å². The van der Waals surface area contributed by atoms with Gasteiger partial charge in [0.05, 0.1) is 16.8 Å². The normalized spacial score (nSPS) is 16.6. The third-order valence-corrected chi connectivity index (χ3v) is 5.76. The first-order valence-electron chi connectivity index (χ1n) is 9.10. The van der Waals surface area contributed by atoms with Gasteiger partial charge < -0.3 is 10.2 Å². The van der Waals surface area contributed by atoms with Gasteiger partial charge in [0.25, 0.3) is 15.9 Å². The fraction of sp³-hybridized carbons (Fsp3) is 0.368. The molecule has 3 rings (SSSR count). The first kappa shape index (κ1) is 19.9. The van der Waals surface area contributed by atoms with Gasteiger partial charge >= 0.3 is 0 Å². The lowest BCUT2D eigenvalue weighted by atomic mass is 10.2. The van der Waals surface area contributed by atoms with Crippen LogP contribution in [0.4, 0.5) is 5.69 Å². The molecule has 0 spiro atoms. The Hall–Kier alpha value is -2.81. The lowest BCUT2D eigenvalue weighted by Crippen LogP contribution is -2.26. The fourth-order valence-corrected chi connectivity index (χ4v) is 4.01. The van der Waals surface area contributed by atoms with Gasteiger partial charge in [-0.1, -0.05) is 12.5 Å². The Morgan fingerprint density at radius 2 is 2.00 bits per heavy atom. The van der Waals surface area contributed by atoms with Crippen LogP contribution in [0.15, 0.2) is 46.0 Å². The molecule has 1 amide bonds. The number of carbonyl (C=O) groups is 1. The second-order valence-corrected chi connectivity index (χ2v) is 8.34. The van der Waals surface area contributed by atoms with E-state index in [9.17, 15) is 13.2 Å². The molecule has 8 nitrogen and oxygen atoms in total. The maximum atomic E-state index is 12.8. The number of hydrogen-bond acceptors (Lipinski definition) is 5. The van der Waals surface area contributed by atoms with Gasteiger partial charge in [-0.15, -0.1) is 4.40 Å². The zero-order valence-corrected chi connectivity index (χ0v) is 16.7.